The molecule has 0 bridgehead atoms. The number of benzene rings is 1. The van der Waals surface area contributed by atoms with E-state index in [4.69, 9.17) is 20.4 Å². The minimum Gasteiger partial charge on any atom is -0.468 e. The summed E-state index contributed by atoms with van der Waals surface area (Å²) in [5, 5.41) is 1.59. The second kappa shape index (κ2) is 7.29. The number of hydrogen-bond acceptors (Lipinski definition) is 4. The fourth-order valence-electron chi connectivity index (χ4n) is 3.88. The van der Waals surface area contributed by atoms with Crippen LogP contribution in [0.1, 0.15) is 42.6 Å². The third-order valence-corrected chi connectivity index (χ3v) is 5.67. The maximum absolute atomic E-state index is 12.1. The fraction of sp³-hybridized carbons (Fsp3) is 0.381. The van der Waals surface area contributed by atoms with Crippen molar-refractivity contribution in [3.8, 4) is 0 Å². The summed E-state index contributed by atoms with van der Waals surface area (Å²) in [6, 6.07) is 9.76. The van der Waals surface area contributed by atoms with E-state index in [9.17, 15) is 4.79 Å². The quantitative estimate of drug-likeness (QED) is 0.571. The van der Waals surface area contributed by atoms with Crippen molar-refractivity contribution in [3.63, 3.8) is 0 Å². The first-order chi connectivity index (χ1) is 12.6. The van der Waals surface area contributed by atoms with Crippen LogP contribution < -0.4 is 5.63 Å². The van der Waals surface area contributed by atoms with Crippen LogP contribution in [0.5, 0.6) is 0 Å². The van der Waals surface area contributed by atoms with Gasteiger partial charge < -0.3 is 8.83 Å². The zero-order valence-corrected chi connectivity index (χ0v) is 15.6. The summed E-state index contributed by atoms with van der Waals surface area (Å²) in [6.45, 7) is 3.32. The highest BCUT2D eigenvalue weighted by atomic mass is 35.5. The lowest BCUT2D eigenvalue weighted by Crippen LogP contribution is -2.32. The molecule has 4 rings (SSSR count). The average molecular weight is 372 g/mol. The molecule has 3 aromatic rings. The van der Waals surface area contributed by atoms with Crippen LogP contribution in [0.25, 0.3) is 11.0 Å². The first-order valence-electron chi connectivity index (χ1n) is 9.09. The fourth-order valence-corrected chi connectivity index (χ4v) is 4.05. The van der Waals surface area contributed by atoms with Gasteiger partial charge in [0.2, 0.25) is 0 Å². The van der Waals surface area contributed by atoms with Gasteiger partial charge in [0.05, 0.1) is 12.8 Å². The molecule has 2 heterocycles. The van der Waals surface area contributed by atoms with Crippen molar-refractivity contribution in [1.82, 2.24) is 4.90 Å². The molecular formula is C21H22ClNO3. The molecule has 136 valence electrons. The average Bonchev–Trinajstić information content (AvgIpc) is 3.29. The molecule has 1 saturated carbocycles. The van der Waals surface area contributed by atoms with Crippen LogP contribution in [-0.2, 0) is 13.1 Å². The lowest BCUT2D eigenvalue weighted by Gasteiger charge is -2.28. The van der Waals surface area contributed by atoms with E-state index in [-0.39, 0.29) is 5.63 Å². The van der Waals surface area contributed by atoms with Gasteiger partial charge >= 0.3 is 5.63 Å². The van der Waals surface area contributed by atoms with Crippen molar-refractivity contribution in [3.05, 3.63) is 68.9 Å². The van der Waals surface area contributed by atoms with Gasteiger partial charge in [-0.2, -0.15) is 0 Å². The van der Waals surface area contributed by atoms with E-state index in [1.54, 1.807) is 12.3 Å². The molecule has 0 amide bonds. The van der Waals surface area contributed by atoms with Gasteiger partial charge in [0, 0.05) is 29.1 Å². The second-order valence-corrected chi connectivity index (χ2v) is 7.52. The Morgan fingerprint density at radius 3 is 2.73 bits per heavy atom. The summed E-state index contributed by atoms with van der Waals surface area (Å²) < 4.78 is 11.0. The molecule has 0 saturated heterocycles. The second-order valence-electron chi connectivity index (χ2n) is 7.11. The van der Waals surface area contributed by atoms with Crippen molar-refractivity contribution in [2.24, 2.45) is 0 Å². The normalized spacial score (nSPS) is 15.3. The highest BCUT2D eigenvalue weighted by molar-refractivity contribution is 6.32. The Labute approximate surface area is 157 Å². The van der Waals surface area contributed by atoms with Gasteiger partial charge in [-0.25, -0.2) is 4.79 Å². The minimum absolute atomic E-state index is 0.321. The van der Waals surface area contributed by atoms with Gasteiger partial charge in [0.1, 0.15) is 11.3 Å². The predicted octanol–water partition coefficient (Wildman–Crippen LogP) is 5.29. The highest BCUT2D eigenvalue weighted by Gasteiger charge is 2.24. The topological polar surface area (TPSA) is 46.6 Å². The summed E-state index contributed by atoms with van der Waals surface area (Å²) in [5.41, 5.74) is 2.14. The van der Waals surface area contributed by atoms with E-state index >= 15 is 0 Å². The Morgan fingerprint density at radius 2 is 2.00 bits per heavy atom. The summed E-state index contributed by atoms with van der Waals surface area (Å²) >= 11 is 6.33. The van der Waals surface area contributed by atoms with Crippen molar-refractivity contribution in [2.75, 3.05) is 0 Å². The largest absolute Gasteiger partial charge is 0.468 e. The van der Waals surface area contributed by atoms with Gasteiger partial charge in [-0.3, -0.25) is 4.90 Å². The highest BCUT2D eigenvalue weighted by Crippen LogP contribution is 2.30. The molecule has 1 aliphatic carbocycles. The molecule has 26 heavy (non-hydrogen) atoms. The van der Waals surface area contributed by atoms with E-state index in [2.05, 4.69) is 4.90 Å². The lowest BCUT2D eigenvalue weighted by molar-refractivity contribution is 0.167. The van der Waals surface area contributed by atoms with Gasteiger partial charge in [-0.05, 0) is 55.2 Å². The Hall–Kier alpha value is -2.04. The van der Waals surface area contributed by atoms with E-state index < -0.39 is 0 Å². The number of rotatable bonds is 5. The molecule has 0 atom stereocenters. The third kappa shape index (κ3) is 3.57. The smallest absolute Gasteiger partial charge is 0.336 e. The van der Waals surface area contributed by atoms with Crippen LogP contribution in [0.3, 0.4) is 0 Å². The number of nitrogens with zero attached hydrogens (tertiary/aromatic N) is 1. The minimum atomic E-state index is -0.321. The first-order valence-corrected chi connectivity index (χ1v) is 9.47. The van der Waals surface area contributed by atoms with Crippen LogP contribution in [0, 0.1) is 6.92 Å². The molecule has 0 N–H and O–H groups in total. The molecule has 4 nitrogen and oxygen atoms in total. The van der Waals surface area contributed by atoms with Crippen molar-refractivity contribution in [2.45, 2.75) is 51.7 Å². The zero-order valence-electron chi connectivity index (χ0n) is 14.8. The first kappa shape index (κ1) is 17.4. The third-order valence-electron chi connectivity index (χ3n) is 5.26. The van der Waals surface area contributed by atoms with E-state index in [0.717, 1.165) is 28.8 Å². The number of fused-ring (bicyclic) bond motifs is 1. The SMILES string of the molecule is Cc1cc2oc(=O)cc(CN(Cc3ccco3)C3CCCC3)c2cc1Cl. The lowest BCUT2D eigenvalue weighted by atomic mass is 10.1. The Kier molecular flexibility index (Phi) is 4.88. The predicted molar refractivity (Wildman–Crippen MR) is 102 cm³/mol. The summed E-state index contributed by atoms with van der Waals surface area (Å²) in [4.78, 5) is 14.5. The number of hydrogen-bond donors (Lipinski definition) is 0. The zero-order chi connectivity index (χ0) is 18.1. The van der Waals surface area contributed by atoms with Gasteiger partial charge in [0.25, 0.3) is 0 Å². The standard InChI is InChI=1S/C21H22ClNO3/c1-14-9-20-18(11-19(14)22)15(10-21(24)26-20)12-23(16-5-2-3-6-16)13-17-7-4-8-25-17/h4,7-11,16H,2-3,5-6,12-13H2,1H3. The molecule has 1 aliphatic rings. The Bertz CT molecular complexity index is 955. The molecule has 5 heteroatoms. The van der Waals surface area contributed by atoms with Crippen molar-refractivity contribution < 1.29 is 8.83 Å². The molecule has 2 aromatic heterocycles. The molecule has 0 spiro atoms. The number of halogens is 1. The molecule has 0 unspecified atom stereocenters. The van der Waals surface area contributed by atoms with Crippen molar-refractivity contribution in [1.29, 1.82) is 0 Å². The Morgan fingerprint density at radius 1 is 1.19 bits per heavy atom. The van der Waals surface area contributed by atoms with Crippen LogP contribution >= 0.6 is 11.6 Å². The van der Waals surface area contributed by atoms with Crippen LogP contribution in [-0.4, -0.2) is 10.9 Å². The van der Waals surface area contributed by atoms with E-state index in [1.165, 1.54) is 25.7 Å². The summed E-state index contributed by atoms with van der Waals surface area (Å²) in [6.07, 6.45) is 6.57. The molecule has 1 aromatic carbocycles. The summed E-state index contributed by atoms with van der Waals surface area (Å²) in [7, 11) is 0. The molecule has 0 aliphatic heterocycles. The summed E-state index contributed by atoms with van der Waals surface area (Å²) in [5.74, 6) is 0.943. The number of furan rings is 1. The monoisotopic (exact) mass is 371 g/mol. The maximum Gasteiger partial charge on any atom is 0.336 e. The molecule has 1 fully saturated rings. The van der Waals surface area contributed by atoms with Crippen LogP contribution in [0.4, 0.5) is 0 Å². The maximum atomic E-state index is 12.1. The van der Waals surface area contributed by atoms with E-state index in [1.807, 2.05) is 31.2 Å². The van der Waals surface area contributed by atoms with Gasteiger partial charge in [0.15, 0.2) is 0 Å². The van der Waals surface area contributed by atoms with Crippen LogP contribution in [0.2, 0.25) is 5.02 Å². The van der Waals surface area contributed by atoms with Crippen molar-refractivity contribution >= 4 is 22.6 Å². The van der Waals surface area contributed by atoms with Gasteiger partial charge in [-0.15, -0.1) is 0 Å². The van der Waals surface area contributed by atoms with E-state index in [0.29, 0.717) is 23.2 Å². The molecular weight excluding hydrogens is 350 g/mol. The number of aryl methyl sites for hydroxylation is 1. The van der Waals surface area contributed by atoms with Gasteiger partial charge in [-0.1, -0.05) is 24.4 Å². The van der Waals surface area contributed by atoms with Crippen LogP contribution in [0.15, 0.2) is 50.2 Å². The Balaban J connectivity index is 1.72. The molecule has 0 radical (unpaired) electrons.